The van der Waals surface area contributed by atoms with E-state index in [9.17, 15) is 9.90 Å². The van der Waals surface area contributed by atoms with Crippen LogP contribution in [0.3, 0.4) is 0 Å². The number of carbonyl (C=O) groups is 1. The maximum Gasteiger partial charge on any atom is 0.323 e. The van der Waals surface area contributed by atoms with Gasteiger partial charge < -0.3 is 14.8 Å². The predicted molar refractivity (Wildman–Crippen MR) is 73.4 cm³/mol. The molecule has 106 valence electrons. The minimum absolute atomic E-state index is 0.238. The van der Waals surface area contributed by atoms with Crippen LogP contribution in [-0.4, -0.2) is 33.4 Å². The highest BCUT2D eigenvalue weighted by Gasteiger charge is 2.42. The van der Waals surface area contributed by atoms with Gasteiger partial charge in [-0.05, 0) is 39.2 Å². The van der Waals surface area contributed by atoms with Crippen molar-refractivity contribution in [3.05, 3.63) is 12.0 Å². The van der Waals surface area contributed by atoms with Crippen molar-refractivity contribution in [1.82, 2.24) is 10.3 Å². The number of aryl methyl sites for hydroxylation is 1. The highest BCUT2D eigenvalue weighted by molar-refractivity contribution is 7.99. The zero-order chi connectivity index (χ0) is 13.9. The summed E-state index contributed by atoms with van der Waals surface area (Å²) < 4.78 is 5.34. The lowest BCUT2D eigenvalue weighted by Gasteiger charge is -2.37. The Morgan fingerprint density at radius 3 is 3.11 bits per heavy atom. The third kappa shape index (κ3) is 3.30. The number of carboxylic acids is 1. The van der Waals surface area contributed by atoms with Crippen LogP contribution in [0.4, 0.5) is 0 Å². The highest BCUT2D eigenvalue weighted by Crippen LogP contribution is 2.38. The summed E-state index contributed by atoms with van der Waals surface area (Å²) in [6, 6.07) is 0. The van der Waals surface area contributed by atoms with E-state index >= 15 is 0 Å². The summed E-state index contributed by atoms with van der Waals surface area (Å²) in [6.45, 7) is 4.50. The summed E-state index contributed by atoms with van der Waals surface area (Å²) in [6.07, 6.45) is 4.85. The summed E-state index contributed by atoms with van der Waals surface area (Å²) in [5.41, 5.74) is 0.0706. The first kappa shape index (κ1) is 14.4. The average molecular weight is 284 g/mol. The van der Waals surface area contributed by atoms with Crippen LogP contribution in [0.1, 0.15) is 38.3 Å². The molecule has 1 aliphatic rings. The number of carboxylic acid groups (broad SMARTS) is 1. The topological polar surface area (TPSA) is 75.4 Å². The Labute approximate surface area is 117 Å². The van der Waals surface area contributed by atoms with Crippen LogP contribution in [0.25, 0.3) is 0 Å². The number of rotatable bonds is 5. The molecule has 0 radical (unpaired) electrons. The van der Waals surface area contributed by atoms with Crippen LogP contribution in [-0.2, 0) is 4.79 Å². The van der Waals surface area contributed by atoms with Crippen LogP contribution in [0, 0.1) is 6.92 Å². The molecule has 1 aromatic heterocycles. The number of hydrogen-bond acceptors (Lipinski definition) is 5. The molecule has 0 saturated heterocycles. The predicted octanol–water partition coefficient (Wildman–Crippen LogP) is 2.45. The Bertz CT molecular complexity index is 445. The number of aromatic nitrogens is 1. The molecule has 0 aromatic carbocycles. The zero-order valence-electron chi connectivity index (χ0n) is 11.3. The second kappa shape index (κ2) is 5.96. The van der Waals surface area contributed by atoms with Crippen LogP contribution in [0.2, 0.25) is 0 Å². The SMILES string of the molecule is CCNC1(C(=O)O)CCCC(Sc2nc(C)co2)C1. The summed E-state index contributed by atoms with van der Waals surface area (Å²) in [7, 11) is 0. The van der Waals surface area contributed by atoms with Gasteiger partial charge in [-0.3, -0.25) is 4.79 Å². The molecule has 19 heavy (non-hydrogen) atoms. The second-order valence-corrected chi connectivity index (χ2v) is 6.26. The molecule has 1 heterocycles. The van der Waals surface area contributed by atoms with Crippen LogP contribution in [0.5, 0.6) is 0 Å². The van der Waals surface area contributed by atoms with Gasteiger partial charge in [0.25, 0.3) is 5.22 Å². The first-order valence-corrected chi connectivity index (χ1v) is 7.51. The number of likely N-dealkylation sites (N-methyl/N-ethyl adjacent to an activating group) is 1. The lowest BCUT2D eigenvalue weighted by atomic mass is 9.81. The summed E-state index contributed by atoms with van der Waals surface area (Å²) >= 11 is 1.55. The van der Waals surface area contributed by atoms with Gasteiger partial charge >= 0.3 is 5.97 Å². The maximum absolute atomic E-state index is 11.6. The number of oxazole rings is 1. The van der Waals surface area contributed by atoms with Gasteiger partial charge in [0.2, 0.25) is 0 Å². The van der Waals surface area contributed by atoms with E-state index in [2.05, 4.69) is 10.3 Å². The van der Waals surface area contributed by atoms with Crippen molar-refractivity contribution in [2.75, 3.05) is 6.54 Å². The molecular weight excluding hydrogens is 264 g/mol. The molecule has 0 amide bonds. The quantitative estimate of drug-likeness (QED) is 0.865. The van der Waals surface area contributed by atoms with Crippen molar-refractivity contribution in [2.24, 2.45) is 0 Å². The number of aliphatic carboxylic acids is 1. The fourth-order valence-corrected chi connectivity index (χ4v) is 3.86. The lowest BCUT2D eigenvalue weighted by molar-refractivity contribution is -0.146. The molecule has 2 rings (SSSR count). The van der Waals surface area contributed by atoms with Gasteiger partial charge in [0.05, 0.1) is 5.69 Å². The Morgan fingerprint density at radius 1 is 1.74 bits per heavy atom. The van der Waals surface area contributed by atoms with Crippen molar-refractivity contribution in [2.45, 2.75) is 55.5 Å². The van der Waals surface area contributed by atoms with E-state index in [1.165, 1.54) is 0 Å². The third-order valence-electron chi connectivity index (χ3n) is 3.50. The first-order chi connectivity index (χ1) is 9.05. The second-order valence-electron chi connectivity index (χ2n) is 5.01. The summed E-state index contributed by atoms with van der Waals surface area (Å²) in [4.78, 5) is 15.8. The number of hydrogen-bond donors (Lipinski definition) is 2. The average Bonchev–Trinajstić information content (AvgIpc) is 2.75. The summed E-state index contributed by atoms with van der Waals surface area (Å²) in [5, 5.41) is 13.5. The monoisotopic (exact) mass is 284 g/mol. The molecule has 2 atom stereocenters. The fourth-order valence-electron chi connectivity index (χ4n) is 2.62. The van der Waals surface area contributed by atoms with E-state index < -0.39 is 11.5 Å². The van der Waals surface area contributed by atoms with Gasteiger partial charge in [0.15, 0.2) is 0 Å². The minimum atomic E-state index is -0.785. The van der Waals surface area contributed by atoms with Crippen LogP contribution in [0.15, 0.2) is 15.9 Å². The molecule has 6 heteroatoms. The number of thioether (sulfide) groups is 1. The van der Waals surface area contributed by atoms with Crippen LogP contribution < -0.4 is 5.32 Å². The molecular formula is C13H20N2O3S. The van der Waals surface area contributed by atoms with Crippen molar-refractivity contribution < 1.29 is 14.3 Å². The first-order valence-electron chi connectivity index (χ1n) is 6.63. The smallest absolute Gasteiger partial charge is 0.323 e. The fraction of sp³-hybridized carbons (Fsp3) is 0.692. The highest BCUT2D eigenvalue weighted by atomic mass is 32.2. The van der Waals surface area contributed by atoms with Gasteiger partial charge in [0.1, 0.15) is 11.8 Å². The Hall–Kier alpha value is -1.01. The van der Waals surface area contributed by atoms with Crippen molar-refractivity contribution in [3.63, 3.8) is 0 Å². The Balaban J connectivity index is 2.05. The van der Waals surface area contributed by atoms with E-state index in [0.29, 0.717) is 24.6 Å². The minimum Gasteiger partial charge on any atom is -0.480 e. The van der Waals surface area contributed by atoms with E-state index in [-0.39, 0.29) is 5.25 Å². The van der Waals surface area contributed by atoms with E-state index in [1.807, 2.05) is 13.8 Å². The number of nitrogens with one attached hydrogen (secondary N) is 1. The van der Waals surface area contributed by atoms with E-state index in [0.717, 1.165) is 18.5 Å². The molecule has 1 aromatic rings. The lowest BCUT2D eigenvalue weighted by Crippen LogP contribution is -2.55. The van der Waals surface area contributed by atoms with Gasteiger partial charge in [0, 0.05) is 5.25 Å². The van der Waals surface area contributed by atoms with E-state index in [1.54, 1.807) is 18.0 Å². The van der Waals surface area contributed by atoms with Gasteiger partial charge in [-0.1, -0.05) is 18.7 Å². The van der Waals surface area contributed by atoms with E-state index in [4.69, 9.17) is 4.42 Å². The molecule has 0 aliphatic heterocycles. The molecule has 1 saturated carbocycles. The zero-order valence-corrected chi connectivity index (χ0v) is 12.1. The molecule has 0 spiro atoms. The Morgan fingerprint density at radius 2 is 2.53 bits per heavy atom. The van der Waals surface area contributed by atoms with Crippen molar-refractivity contribution >= 4 is 17.7 Å². The number of nitrogens with zero attached hydrogens (tertiary/aromatic N) is 1. The largest absolute Gasteiger partial charge is 0.480 e. The molecule has 5 nitrogen and oxygen atoms in total. The van der Waals surface area contributed by atoms with Gasteiger partial charge in [-0.15, -0.1) is 0 Å². The maximum atomic E-state index is 11.6. The normalized spacial score (nSPS) is 27.4. The van der Waals surface area contributed by atoms with Crippen molar-refractivity contribution in [3.8, 4) is 0 Å². The summed E-state index contributed by atoms with van der Waals surface area (Å²) in [5.74, 6) is -0.747. The van der Waals surface area contributed by atoms with Gasteiger partial charge in [-0.25, -0.2) is 4.98 Å². The van der Waals surface area contributed by atoms with Gasteiger partial charge in [-0.2, -0.15) is 0 Å². The molecule has 2 N–H and O–H groups in total. The molecule has 1 fully saturated rings. The Kier molecular flexibility index (Phi) is 4.52. The third-order valence-corrected chi connectivity index (χ3v) is 4.62. The van der Waals surface area contributed by atoms with Crippen LogP contribution >= 0.6 is 11.8 Å². The standard InChI is InChI=1S/C13H20N2O3S/c1-3-14-13(11(16)17)6-4-5-10(7-13)19-12-15-9(2)8-18-12/h8,10,14H,3-7H2,1-2H3,(H,16,17). The van der Waals surface area contributed by atoms with Crippen molar-refractivity contribution in [1.29, 1.82) is 0 Å². The molecule has 1 aliphatic carbocycles. The molecule has 0 bridgehead atoms. The molecule has 2 unspecified atom stereocenters.